The van der Waals surface area contributed by atoms with Crippen molar-refractivity contribution in [2.75, 3.05) is 11.9 Å². The molecule has 1 aliphatic rings. The Kier molecular flexibility index (Phi) is 5.44. The fourth-order valence-electron chi connectivity index (χ4n) is 4.08. The van der Waals surface area contributed by atoms with E-state index in [-0.39, 0.29) is 29.1 Å². The fraction of sp³-hybridized carbons (Fsp3) is 0.0769. The van der Waals surface area contributed by atoms with Crippen LogP contribution in [-0.2, 0) is 0 Å². The molecule has 0 radical (unpaired) electrons. The molecule has 7 nitrogen and oxygen atoms in total. The lowest BCUT2D eigenvalue weighted by Gasteiger charge is -2.10. The summed E-state index contributed by atoms with van der Waals surface area (Å²) < 4.78 is 28.3. The minimum atomic E-state index is -2.77. The van der Waals surface area contributed by atoms with E-state index >= 15 is 0 Å². The second-order valence-electron chi connectivity index (χ2n) is 7.87. The first kappa shape index (κ1) is 22.1. The van der Waals surface area contributed by atoms with Crippen LogP contribution in [0.1, 0.15) is 37.6 Å². The zero-order valence-electron chi connectivity index (χ0n) is 18.2. The van der Waals surface area contributed by atoms with Gasteiger partial charge in [-0.15, -0.1) is 6.58 Å². The molecule has 0 aliphatic carbocycles. The van der Waals surface area contributed by atoms with E-state index in [2.05, 4.69) is 16.9 Å². The van der Waals surface area contributed by atoms with Crippen LogP contribution in [0.25, 0.3) is 22.4 Å². The largest absolute Gasteiger partial charge is 0.322 e. The molecule has 3 amide bonds. The molecule has 0 atom stereocenters. The zero-order valence-corrected chi connectivity index (χ0v) is 18.2. The number of imide groups is 1. The van der Waals surface area contributed by atoms with Gasteiger partial charge < -0.3 is 5.32 Å². The first-order valence-corrected chi connectivity index (χ1v) is 10.7. The number of aromatic nitrogens is 2. The first-order valence-electron chi connectivity index (χ1n) is 10.7. The Morgan fingerprint density at radius 3 is 2.43 bits per heavy atom. The van der Waals surface area contributed by atoms with Crippen LogP contribution >= 0.6 is 0 Å². The number of carbonyl (C=O) groups is 3. The summed E-state index contributed by atoms with van der Waals surface area (Å²) in [6.07, 6.45) is 1.45. The van der Waals surface area contributed by atoms with Crippen molar-refractivity contribution < 1.29 is 23.2 Å². The highest BCUT2D eigenvalue weighted by Gasteiger charge is 2.35. The van der Waals surface area contributed by atoms with E-state index in [0.717, 1.165) is 9.47 Å². The van der Waals surface area contributed by atoms with E-state index in [9.17, 15) is 23.2 Å². The third kappa shape index (κ3) is 3.76. The Morgan fingerprint density at radius 2 is 1.71 bits per heavy atom. The lowest BCUT2D eigenvalue weighted by atomic mass is 10.1. The van der Waals surface area contributed by atoms with Crippen LogP contribution in [0.5, 0.6) is 0 Å². The molecule has 3 aromatic carbocycles. The zero-order chi connectivity index (χ0) is 24.7. The van der Waals surface area contributed by atoms with E-state index in [1.807, 2.05) is 0 Å². The number of carbonyl (C=O) groups excluding carboxylic acids is 3. The highest BCUT2D eigenvalue weighted by Crippen LogP contribution is 2.30. The number of anilines is 1. The molecular formula is C26H18F2N4O3. The maximum Gasteiger partial charge on any atom is 0.320 e. The summed E-state index contributed by atoms with van der Waals surface area (Å²) in [4.78, 5) is 43.0. The van der Waals surface area contributed by atoms with Gasteiger partial charge in [0, 0.05) is 23.4 Å². The Labute approximate surface area is 198 Å². The summed E-state index contributed by atoms with van der Waals surface area (Å²) in [5.74, 6) is -1.28. The molecule has 5 rings (SSSR count). The number of fused-ring (bicyclic) bond motifs is 2. The topological polar surface area (TPSA) is 84.3 Å². The molecule has 0 fully saturated rings. The number of hydrogen-bond donors (Lipinski definition) is 1. The number of rotatable bonds is 6. The number of hydrogen-bond acceptors (Lipinski definition) is 4. The van der Waals surface area contributed by atoms with E-state index in [1.54, 1.807) is 48.5 Å². The number of alkyl halides is 2. The van der Waals surface area contributed by atoms with Crippen LogP contribution in [0.15, 0.2) is 79.4 Å². The molecular weight excluding hydrogens is 454 g/mol. The van der Waals surface area contributed by atoms with Crippen molar-refractivity contribution in [1.29, 1.82) is 0 Å². The third-order valence-electron chi connectivity index (χ3n) is 5.74. The molecule has 4 aromatic rings. The van der Waals surface area contributed by atoms with Crippen LogP contribution in [0.3, 0.4) is 0 Å². The van der Waals surface area contributed by atoms with Gasteiger partial charge in [0.2, 0.25) is 0 Å². The van der Waals surface area contributed by atoms with Gasteiger partial charge in [-0.3, -0.25) is 23.9 Å². The smallest absolute Gasteiger partial charge is 0.320 e. The number of benzene rings is 3. The van der Waals surface area contributed by atoms with Crippen molar-refractivity contribution >= 4 is 34.4 Å². The second-order valence-corrected chi connectivity index (χ2v) is 7.87. The Hall–Kier alpha value is -4.66. The minimum absolute atomic E-state index is 0.0829. The average Bonchev–Trinajstić information content (AvgIpc) is 3.36. The van der Waals surface area contributed by atoms with E-state index < -0.39 is 24.3 Å². The van der Waals surface area contributed by atoms with Crippen molar-refractivity contribution in [1.82, 2.24) is 14.5 Å². The first-order chi connectivity index (χ1) is 16.9. The number of nitrogens with zero attached hydrogens (tertiary/aromatic N) is 3. The van der Waals surface area contributed by atoms with Crippen LogP contribution in [0.2, 0.25) is 0 Å². The number of imidazole rings is 1. The summed E-state index contributed by atoms with van der Waals surface area (Å²) in [7, 11) is 0. The van der Waals surface area contributed by atoms with Gasteiger partial charge in [-0.05, 0) is 54.6 Å². The Balaban J connectivity index is 1.38. The monoisotopic (exact) mass is 472 g/mol. The average molecular weight is 472 g/mol. The normalized spacial score (nSPS) is 12.9. The van der Waals surface area contributed by atoms with Crippen molar-refractivity contribution in [3.05, 3.63) is 96.1 Å². The van der Waals surface area contributed by atoms with Gasteiger partial charge in [-0.1, -0.05) is 18.2 Å². The van der Waals surface area contributed by atoms with E-state index in [1.165, 1.54) is 24.3 Å². The summed E-state index contributed by atoms with van der Waals surface area (Å²) >= 11 is 0. The molecule has 0 saturated carbocycles. The van der Waals surface area contributed by atoms with Gasteiger partial charge in [0.05, 0.1) is 22.2 Å². The summed E-state index contributed by atoms with van der Waals surface area (Å²) in [6, 6.07) is 17.3. The van der Waals surface area contributed by atoms with Gasteiger partial charge in [0.25, 0.3) is 17.7 Å². The molecule has 0 bridgehead atoms. The standard InChI is InChI=1S/C26H18F2N4O3/c1-2-13-31-24(34)18-12-9-16(14-19(18)25(31)35)23(33)29-17-10-7-15(8-11-17)22-30-20-5-3-4-6-21(20)32(22)26(27)28/h2-12,14,26H,1,13H2,(H,29,33). The molecule has 0 spiro atoms. The fourth-order valence-corrected chi connectivity index (χ4v) is 4.08. The predicted molar refractivity (Wildman–Crippen MR) is 126 cm³/mol. The van der Waals surface area contributed by atoms with Crippen molar-refractivity contribution in [3.63, 3.8) is 0 Å². The lowest BCUT2D eigenvalue weighted by Crippen LogP contribution is -2.29. The maximum absolute atomic E-state index is 13.7. The molecule has 35 heavy (non-hydrogen) atoms. The van der Waals surface area contributed by atoms with Gasteiger partial charge in [0.15, 0.2) is 0 Å². The molecule has 1 aliphatic heterocycles. The lowest BCUT2D eigenvalue weighted by molar-refractivity contribution is 0.0671. The van der Waals surface area contributed by atoms with Crippen molar-refractivity contribution in [2.24, 2.45) is 0 Å². The van der Waals surface area contributed by atoms with Gasteiger partial charge in [-0.2, -0.15) is 8.78 Å². The molecule has 2 heterocycles. The van der Waals surface area contributed by atoms with Gasteiger partial charge in [0.1, 0.15) is 5.82 Å². The number of halogens is 2. The van der Waals surface area contributed by atoms with Crippen molar-refractivity contribution in [2.45, 2.75) is 6.55 Å². The van der Waals surface area contributed by atoms with Gasteiger partial charge in [-0.25, -0.2) is 4.98 Å². The molecule has 9 heteroatoms. The SMILES string of the molecule is C=CCN1C(=O)c2ccc(C(=O)Nc3ccc(-c4nc5ccccc5n4C(F)F)cc3)cc2C1=O. The predicted octanol–water partition coefficient (Wildman–Crippen LogP) is 5.13. The quantitative estimate of drug-likeness (QED) is 0.311. The molecule has 174 valence electrons. The maximum atomic E-state index is 13.7. The van der Waals surface area contributed by atoms with Crippen LogP contribution in [-0.4, -0.2) is 38.7 Å². The Bertz CT molecular complexity index is 1510. The van der Waals surface area contributed by atoms with Crippen molar-refractivity contribution in [3.8, 4) is 11.4 Å². The van der Waals surface area contributed by atoms with E-state index in [0.29, 0.717) is 22.3 Å². The molecule has 1 aromatic heterocycles. The molecule has 0 saturated heterocycles. The van der Waals surface area contributed by atoms with E-state index in [4.69, 9.17) is 0 Å². The second kappa shape index (κ2) is 8.60. The summed E-state index contributed by atoms with van der Waals surface area (Å²) in [5.41, 5.74) is 2.26. The molecule has 1 N–H and O–H groups in total. The highest BCUT2D eigenvalue weighted by atomic mass is 19.3. The van der Waals surface area contributed by atoms with Crippen LogP contribution in [0.4, 0.5) is 14.5 Å². The number of nitrogens with one attached hydrogen (secondary N) is 1. The molecule has 0 unspecified atom stereocenters. The summed E-state index contributed by atoms with van der Waals surface area (Å²) in [6.45, 7) is 0.859. The number of para-hydroxylation sites is 2. The number of amides is 3. The Morgan fingerprint density at radius 1 is 1.00 bits per heavy atom. The van der Waals surface area contributed by atoms with Crippen LogP contribution < -0.4 is 5.32 Å². The highest BCUT2D eigenvalue weighted by molar-refractivity contribution is 6.22. The summed E-state index contributed by atoms with van der Waals surface area (Å²) in [5, 5.41) is 2.71. The minimum Gasteiger partial charge on any atom is -0.322 e. The van der Waals surface area contributed by atoms with Gasteiger partial charge >= 0.3 is 6.55 Å². The third-order valence-corrected chi connectivity index (χ3v) is 5.74. The van der Waals surface area contributed by atoms with Crippen LogP contribution in [0, 0.1) is 0 Å².